The molecule has 1 amide bonds. The van der Waals surface area contributed by atoms with Crippen LogP contribution >= 0.6 is 11.3 Å². The topological polar surface area (TPSA) is 37.4 Å². The molecule has 0 radical (unpaired) electrons. The average Bonchev–Trinajstić information content (AvgIpc) is 2.91. The second-order valence-corrected chi connectivity index (χ2v) is 9.08. The number of ketones is 1. The van der Waals surface area contributed by atoms with Gasteiger partial charge in [0.2, 0.25) is 5.91 Å². The molecule has 1 saturated carbocycles. The van der Waals surface area contributed by atoms with Gasteiger partial charge in [0.25, 0.3) is 0 Å². The van der Waals surface area contributed by atoms with Gasteiger partial charge in [-0.25, -0.2) is 0 Å². The third-order valence-electron chi connectivity index (χ3n) is 5.97. The molecule has 0 aromatic carbocycles. The van der Waals surface area contributed by atoms with Crippen LogP contribution < -0.4 is 0 Å². The zero-order valence-electron chi connectivity index (χ0n) is 15.1. The molecule has 1 saturated heterocycles. The summed E-state index contributed by atoms with van der Waals surface area (Å²) in [6.45, 7) is 7.24. The summed E-state index contributed by atoms with van der Waals surface area (Å²) in [4.78, 5) is 29.5. The highest BCUT2D eigenvalue weighted by molar-refractivity contribution is 7.12. The molecule has 2 fully saturated rings. The zero-order valence-corrected chi connectivity index (χ0v) is 16.0. The van der Waals surface area contributed by atoms with Crippen molar-refractivity contribution in [3.63, 3.8) is 0 Å². The summed E-state index contributed by atoms with van der Waals surface area (Å²) >= 11 is 1.66. The molecule has 3 atom stereocenters. The van der Waals surface area contributed by atoms with Crippen molar-refractivity contribution in [2.24, 2.45) is 11.8 Å². The molecule has 0 unspecified atom stereocenters. The standard InChI is InChI=1S/C20H29NO2S/c1-13-10-11-21(18-7-5-4-6-16(13)18)20(23)9-8-19(22)17-12-14(2)24-15(17)3/h12-13,16,18H,4-11H2,1-3H3/t13-,16+,18+/m0/s1. The van der Waals surface area contributed by atoms with Gasteiger partial charge in [-0.3, -0.25) is 9.59 Å². The van der Waals surface area contributed by atoms with Crippen molar-refractivity contribution in [1.82, 2.24) is 4.90 Å². The van der Waals surface area contributed by atoms with Crippen LogP contribution in [0.5, 0.6) is 0 Å². The number of amides is 1. The van der Waals surface area contributed by atoms with E-state index < -0.39 is 0 Å². The molecule has 1 aliphatic heterocycles. The average molecular weight is 348 g/mol. The van der Waals surface area contributed by atoms with E-state index in [4.69, 9.17) is 0 Å². The van der Waals surface area contributed by atoms with Crippen molar-refractivity contribution >= 4 is 23.0 Å². The van der Waals surface area contributed by atoms with E-state index in [0.717, 1.165) is 40.6 Å². The summed E-state index contributed by atoms with van der Waals surface area (Å²) in [5.74, 6) is 1.72. The van der Waals surface area contributed by atoms with Crippen molar-refractivity contribution in [3.05, 3.63) is 21.4 Å². The lowest BCUT2D eigenvalue weighted by atomic mass is 9.72. The molecule has 2 heterocycles. The van der Waals surface area contributed by atoms with Gasteiger partial charge in [0.15, 0.2) is 5.78 Å². The normalized spacial score (nSPS) is 27.0. The van der Waals surface area contributed by atoms with Crippen LogP contribution in [0, 0.1) is 25.7 Å². The Morgan fingerprint density at radius 1 is 1.17 bits per heavy atom. The van der Waals surface area contributed by atoms with Crippen molar-refractivity contribution in [1.29, 1.82) is 0 Å². The Morgan fingerprint density at radius 3 is 2.62 bits per heavy atom. The maximum absolute atomic E-state index is 12.8. The smallest absolute Gasteiger partial charge is 0.223 e. The fourth-order valence-electron chi connectivity index (χ4n) is 4.63. The van der Waals surface area contributed by atoms with Crippen molar-refractivity contribution < 1.29 is 9.59 Å². The minimum atomic E-state index is 0.121. The first-order valence-electron chi connectivity index (χ1n) is 9.37. The number of aryl methyl sites for hydroxylation is 2. The van der Waals surface area contributed by atoms with Crippen LogP contribution in [0.4, 0.5) is 0 Å². The fourth-order valence-corrected chi connectivity index (χ4v) is 5.57. The van der Waals surface area contributed by atoms with Crippen molar-refractivity contribution in [3.8, 4) is 0 Å². The van der Waals surface area contributed by atoms with Gasteiger partial charge in [-0.2, -0.15) is 0 Å². The van der Waals surface area contributed by atoms with E-state index >= 15 is 0 Å². The predicted octanol–water partition coefficient (Wildman–Crippen LogP) is 4.76. The first-order chi connectivity index (χ1) is 11.5. The maximum Gasteiger partial charge on any atom is 0.223 e. The molecule has 4 heteroatoms. The number of carbonyl (C=O) groups is 2. The Balaban J connectivity index is 1.60. The van der Waals surface area contributed by atoms with Gasteiger partial charge in [0, 0.05) is 40.7 Å². The Morgan fingerprint density at radius 2 is 1.92 bits per heavy atom. The molecule has 0 spiro atoms. The van der Waals surface area contributed by atoms with E-state index in [1.807, 2.05) is 19.9 Å². The van der Waals surface area contributed by atoms with E-state index in [1.165, 1.54) is 19.3 Å². The third kappa shape index (κ3) is 3.58. The quantitative estimate of drug-likeness (QED) is 0.737. The minimum Gasteiger partial charge on any atom is -0.339 e. The predicted molar refractivity (Wildman–Crippen MR) is 98.6 cm³/mol. The first kappa shape index (κ1) is 17.7. The van der Waals surface area contributed by atoms with Crippen LogP contribution in [-0.4, -0.2) is 29.2 Å². The lowest BCUT2D eigenvalue weighted by molar-refractivity contribution is -0.139. The summed E-state index contributed by atoms with van der Waals surface area (Å²) in [6.07, 6.45) is 6.79. The van der Waals surface area contributed by atoms with E-state index in [-0.39, 0.29) is 11.7 Å². The van der Waals surface area contributed by atoms with Gasteiger partial charge in [-0.15, -0.1) is 11.3 Å². The summed E-state index contributed by atoms with van der Waals surface area (Å²) in [6, 6.07) is 2.39. The van der Waals surface area contributed by atoms with Gasteiger partial charge < -0.3 is 4.90 Å². The third-order valence-corrected chi connectivity index (χ3v) is 6.93. The van der Waals surface area contributed by atoms with Gasteiger partial charge >= 0.3 is 0 Å². The summed E-state index contributed by atoms with van der Waals surface area (Å²) in [5, 5.41) is 0. The van der Waals surface area contributed by atoms with Crippen molar-refractivity contribution in [2.75, 3.05) is 6.54 Å². The van der Waals surface area contributed by atoms with Gasteiger partial charge in [-0.05, 0) is 51.0 Å². The molecule has 0 N–H and O–H groups in total. The van der Waals surface area contributed by atoms with Gasteiger partial charge in [0.1, 0.15) is 0 Å². The van der Waals surface area contributed by atoms with Crippen LogP contribution in [0.15, 0.2) is 6.07 Å². The summed E-state index contributed by atoms with van der Waals surface area (Å²) in [7, 11) is 0. The number of likely N-dealkylation sites (tertiary alicyclic amines) is 1. The monoisotopic (exact) mass is 347 g/mol. The number of carbonyl (C=O) groups excluding carboxylic acids is 2. The Labute approximate surface area is 149 Å². The van der Waals surface area contributed by atoms with Gasteiger partial charge in [-0.1, -0.05) is 19.8 Å². The highest BCUT2D eigenvalue weighted by Gasteiger charge is 2.39. The van der Waals surface area contributed by atoms with E-state index in [2.05, 4.69) is 11.8 Å². The second-order valence-electron chi connectivity index (χ2n) is 7.62. The number of piperidine rings is 1. The number of hydrogen-bond acceptors (Lipinski definition) is 3. The summed E-state index contributed by atoms with van der Waals surface area (Å²) < 4.78 is 0. The lowest BCUT2D eigenvalue weighted by Crippen LogP contribution is -2.52. The van der Waals surface area contributed by atoms with E-state index in [9.17, 15) is 9.59 Å². The molecule has 1 aliphatic carbocycles. The molecule has 3 rings (SSSR count). The Bertz CT molecular complexity index is 621. The number of nitrogens with zero attached hydrogens (tertiary/aromatic N) is 1. The molecule has 24 heavy (non-hydrogen) atoms. The number of thiophene rings is 1. The van der Waals surface area contributed by atoms with Crippen LogP contribution in [0.2, 0.25) is 0 Å². The fraction of sp³-hybridized carbons (Fsp3) is 0.700. The number of Topliss-reactive ketones (excluding diaryl/α,β-unsaturated/α-hetero) is 1. The second kappa shape index (κ2) is 7.38. The van der Waals surface area contributed by atoms with Crippen molar-refractivity contribution in [2.45, 2.75) is 71.8 Å². The maximum atomic E-state index is 12.8. The highest BCUT2D eigenvalue weighted by atomic mass is 32.1. The number of rotatable bonds is 4. The first-order valence-corrected chi connectivity index (χ1v) is 10.2. The largest absolute Gasteiger partial charge is 0.339 e. The molecule has 1 aromatic heterocycles. The van der Waals surface area contributed by atoms with Crippen LogP contribution in [0.1, 0.15) is 72.0 Å². The molecule has 1 aromatic rings. The van der Waals surface area contributed by atoms with Crippen LogP contribution in [0.25, 0.3) is 0 Å². The van der Waals surface area contributed by atoms with Crippen LogP contribution in [-0.2, 0) is 4.79 Å². The summed E-state index contributed by atoms with van der Waals surface area (Å²) in [5.41, 5.74) is 0.813. The highest BCUT2D eigenvalue weighted by Crippen LogP contribution is 2.39. The molecule has 3 nitrogen and oxygen atoms in total. The Hall–Kier alpha value is -1.16. The van der Waals surface area contributed by atoms with Crippen LogP contribution in [0.3, 0.4) is 0 Å². The van der Waals surface area contributed by atoms with Gasteiger partial charge in [0.05, 0.1) is 0 Å². The molecular formula is C20H29NO2S. The zero-order chi connectivity index (χ0) is 17.3. The van der Waals surface area contributed by atoms with E-state index in [0.29, 0.717) is 24.8 Å². The minimum absolute atomic E-state index is 0.121. The SMILES string of the molecule is Cc1cc(C(=O)CCC(=O)N2CC[C@H](C)[C@H]3CCCC[C@H]32)c(C)s1. The molecule has 0 bridgehead atoms. The van der Waals surface area contributed by atoms with E-state index in [1.54, 1.807) is 11.3 Å². The number of fused-ring (bicyclic) bond motifs is 1. The molecular weight excluding hydrogens is 318 g/mol. The molecule has 2 aliphatic rings. The molecule has 132 valence electrons. The Kier molecular flexibility index (Phi) is 5.43. The number of hydrogen-bond donors (Lipinski definition) is 0. The lowest BCUT2D eigenvalue weighted by Gasteiger charge is -2.47.